The zero-order valence-electron chi connectivity index (χ0n) is 10.3. The molecule has 2 aromatic heterocycles. The molecule has 1 N–H and O–H groups in total. The Labute approximate surface area is 114 Å². The van der Waals surface area contributed by atoms with Crippen molar-refractivity contribution in [1.29, 1.82) is 0 Å². The van der Waals surface area contributed by atoms with Gasteiger partial charge in [-0.05, 0) is 17.4 Å². The van der Waals surface area contributed by atoms with Gasteiger partial charge < -0.3 is 5.32 Å². The smallest absolute Gasteiger partial charge is 0.230 e. The van der Waals surface area contributed by atoms with Gasteiger partial charge in [-0.1, -0.05) is 25.6 Å². The molecule has 96 valence electrons. The van der Waals surface area contributed by atoms with Crippen LogP contribution in [0.3, 0.4) is 0 Å². The zero-order chi connectivity index (χ0) is 13.0. The average molecular weight is 281 g/mol. The highest BCUT2D eigenvalue weighted by Gasteiger charge is 2.08. The molecule has 0 bridgehead atoms. The minimum absolute atomic E-state index is 0.0516. The van der Waals surface area contributed by atoms with Gasteiger partial charge in [0, 0.05) is 11.9 Å². The van der Waals surface area contributed by atoms with Crippen LogP contribution in [0.1, 0.15) is 13.8 Å². The summed E-state index contributed by atoms with van der Waals surface area (Å²) in [5, 5.41) is 6.79. The second-order valence-electron chi connectivity index (χ2n) is 4.30. The number of thioether (sulfide) groups is 1. The summed E-state index contributed by atoms with van der Waals surface area (Å²) in [6, 6.07) is 1.99. The molecule has 1 amide bonds. The van der Waals surface area contributed by atoms with Crippen molar-refractivity contribution in [2.75, 3.05) is 12.3 Å². The van der Waals surface area contributed by atoms with Crippen LogP contribution in [0.2, 0.25) is 0 Å². The zero-order valence-corrected chi connectivity index (χ0v) is 12.0. The third-order valence-electron chi connectivity index (χ3n) is 2.27. The Hall–Kier alpha value is -1.14. The largest absolute Gasteiger partial charge is 0.355 e. The monoisotopic (exact) mass is 281 g/mol. The average Bonchev–Trinajstić information content (AvgIpc) is 2.82. The predicted octanol–water partition coefficient (Wildman–Crippen LogP) is 2.56. The second-order valence-corrected chi connectivity index (χ2v) is 6.16. The summed E-state index contributed by atoms with van der Waals surface area (Å²) in [5.41, 5.74) is 0. The Kier molecular flexibility index (Phi) is 4.54. The highest BCUT2D eigenvalue weighted by atomic mass is 32.2. The lowest BCUT2D eigenvalue weighted by molar-refractivity contribution is -0.118. The van der Waals surface area contributed by atoms with E-state index in [4.69, 9.17) is 0 Å². The molecule has 18 heavy (non-hydrogen) atoms. The number of fused-ring (bicyclic) bond motifs is 1. The van der Waals surface area contributed by atoms with Gasteiger partial charge in [-0.2, -0.15) is 0 Å². The van der Waals surface area contributed by atoms with Gasteiger partial charge in [0.05, 0.1) is 5.75 Å². The number of hydrogen-bond donors (Lipinski definition) is 1. The molecule has 0 fully saturated rings. The normalized spacial score (nSPS) is 11.1. The van der Waals surface area contributed by atoms with Crippen molar-refractivity contribution in [1.82, 2.24) is 15.3 Å². The minimum atomic E-state index is 0.0516. The molecule has 2 aromatic rings. The summed E-state index contributed by atoms with van der Waals surface area (Å²) in [6.45, 7) is 4.87. The van der Waals surface area contributed by atoms with E-state index in [-0.39, 0.29) is 5.91 Å². The summed E-state index contributed by atoms with van der Waals surface area (Å²) in [6.07, 6.45) is 1.55. The summed E-state index contributed by atoms with van der Waals surface area (Å²) in [5.74, 6) is 0.923. The summed E-state index contributed by atoms with van der Waals surface area (Å²) in [4.78, 5) is 21.0. The summed E-state index contributed by atoms with van der Waals surface area (Å²) < 4.78 is 0. The van der Waals surface area contributed by atoms with E-state index in [0.29, 0.717) is 11.7 Å². The SMILES string of the molecule is CC(C)CNC(=O)CSc1ncnc2sccc12. The minimum Gasteiger partial charge on any atom is -0.355 e. The molecule has 0 unspecified atom stereocenters. The lowest BCUT2D eigenvalue weighted by Gasteiger charge is -2.07. The lowest BCUT2D eigenvalue weighted by Crippen LogP contribution is -2.28. The number of nitrogens with one attached hydrogen (secondary N) is 1. The van der Waals surface area contributed by atoms with Crippen molar-refractivity contribution >= 4 is 39.2 Å². The van der Waals surface area contributed by atoms with Crippen molar-refractivity contribution < 1.29 is 4.79 Å². The van der Waals surface area contributed by atoms with Crippen LogP contribution in [0.5, 0.6) is 0 Å². The lowest BCUT2D eigenvalue weighted by atomic mass is 10.2. The number of rotatable bonds is 5. The molecule has 0 radical (unpaired) electrons. The Balaban J connectivity index is 1.94. The molecule has 0 atom stereocenters. The molecule has 4 nitrogen and oxygen atoms in total. The van der Waals surface area contributed by atoms with E-state index in [1.165, 1.54) is 11.8 Å². The highest BCUT2D eigenvalue weighted by molar-refractivity contribution is 8.00. The van der Waals surface area contributed by atoms with Crippen LogP contribution >= 0.6 is 23.1 Å². The van der Waals surface area contributed by atoms with Crippen LogP contribution in [0.25, 0.3) is 10.2 Å². The Morgan fingerprint density at radius 3 is 3.11 bits per heavy atom. The van der Waals surface area contributed by atoms with E-state index in [1.807, 2.05) is 11.4 Å². The van der Waals surface area contributed by atoms with Crippen LogP contribution < -0.4 is 5.32 Å². The molecule has 0 saturated heterocycles. The van der Waals surface area contributed by atoms with Crippen LogP contribution in [0, 0.1) is 5.92 Å². The molecular formula is C12H15N3OS2. The second kappa shape index (κ2) is 6.15. The number of thiophene rings is 1. The third-order valence-corrected chi connectivity index (χ3v) is 4.10. The predicted molar refractivity (Wildman–Crippen MR) is 76.0 cm³/mol. The van der Waals surface area contributed by atoms with Gasteiger partial charge in [-0.15, -0.1) is 11.3 Å². The Morgan fingerprint density at radius 1 is 1.50 bits per heavy atom. The fourth-order valence-corrected chi connectivity index (χ4v) is 2.99. The highest BCUT2D eigenvalue weighted by Crippen LogP contribution is 2.27. The first kappa shape index (κ1) is 13.3. The van der Waals surface area contributed by atoms with Crippen molar-refractivity contribution in [2.24, 2.45) is 5.92 Å². The molecule has 6 heteroatoms. The van der Waals surface area contributed by atoms with E-state index < -0.39 is 0 Å². The number of aromatic nitrogens is 2. The maximum atomic E-state index is 11.6. The van der Waals surface area contributed by atoms with E-state index in [9.17, 15) is 4.79 Å². The van der Waals surface area contributed by atoms with Crippen molar-refractivity contribution in [3.63, 3.8) is 0 Å². The Bertz CT molecular complexity index is 539. The maximum absolute atomic E-state index is 11.6. The van der Waals surface area contributed by atoms with Crippen LogP contribution in [0.4, 0.5) is 0 Å². The van der Waals surface area contributed by atoms with Crippen LogP contribution in [-0.2, 0) is 4.79 Å². The standard InChI is InChI=1S/C12H15N3OS2/c1-8(2)5-13-10(16)6-18-12-9-3-4-17-11(9)14-7-15-12/h3-4,7-8H,5-6H2,1-2H3,(H,13,16). The molecule has 0 aliphatic carbocycles. The topological polar surface area (TPSA) is 54.9 Å². The van der Waals surface area contributed by atoms with Gasteiger partial charge in [-0.25, -0.2) is 9.97 Å². The molecular weight excluding hydrogens is 266 g/mol. The number of amides is 1. The third kappa shape index (κ3) is 3.43. The van der Waals surface area contributed by atoms with E-state index in [2.05, 4.69) is 29.1 Å². The van der Waals surface area contributed by atoms with E-state index >= 15 is 0 Å². The quantitative estimate of drug-likeness (QED) is 0.676. The molecule has 2 rings (SSSR count). The first-order valence-electron chi connectivity index (χ1n) is 5.74. The molecule has 0 aliphatic heterocycles. The number of nitrogens with zero attached hydrogens (tertiary/aromatic N) is 2. The Morgan fingerprint density at radius 2 is 2.33 bits per heavy atom. The number of carbonyl (C=O) groups is 1. The van der Waals surface area contributed by atoms with E-state index in [1.54, 1.807) is 17.7 Å². The van der Waals surface area contributed by atoms with Gasteiger partial charge >= 0.3 is 0 Å². The van der Waals surface area contributed by atoms with Crippen molar-refractivity contribution in [3.8, 4) is 0 Å². The van der Waals surface area contributed by atoms with Crippen molar-refractivity contribution in [3.05, 3.63) is 17.8 Å². The summed E-state index contributed by atoms with van der Waals surface area (Å²) in [7, 11) is 0. The fourth-order valence-electron chi connectivity index (χ4n) is 1.39. The molecule has 2 heterocycles. The maximum Gasteiger partial charge on any atom is 0.230 e. The molecule has 0 saturated carbocycles. The number of carbonyl (C=O) groups excluding carboxylic acids is 1. The van der Waals surface area contributed by atoms with E-state index in [0.717, 1.165) is 21.8 Å². The van der Waals surface area contributed by atoms with Crippen LogP contribution in [-0.4, -0.2) is 28.2 Å². The molecule has 0 aromatic carbocycles. The molecule has 0 aliphatic rings. The molecule has 0 spiro atoms. The van der Waals surface area contributed by atoms with Crippen molar-refractivity contribution in [2.45, 2.75) is 18.9 Å². The van der Waals surface area contributed by atoms with Gasteiger partial charge in [0.15, 0.2) is 0 Å². The van der Waals surface area contributed by atoms with Gasteiger partial charge in [0.2, 0.25) is 5.91 Å². The first-order valence-corrected chi connectivity index (χ1v) is 7.61. The van der Waals surface area contributed by atoms with Crippen LogP contribution in [0.15, 0.2) is 22.8 Å². The first-order chi connectivity index (χ1) is 8.66. The van der Waals surface area contributed by atoms with Gasteiger partial charge in [-0.3, -0.25) is 4.79 Å². The van der Waals surface area contributed by atoms with Gasteiger partial charge in [0.25, 0.3) is 0 Å². The fraction of sp³-hybridized carbons (Fsp3) is 0.417. The number of hydrogen-bond acceptors (Lipinski definition) is 5. The summed E-state index contributed by atoms with van der Waals surface area (Å²) >= 11 is 3.04. The van der Waals surface area contributed by atoms with Gasteiger partial charge in [0.1, 0.15) is 16.2 Å².